The molecule has 1 aliphatic heterocycles. The van der Waals surface area contributed by atoms with Gasteiger partial charge in [0.15, 0.2) is 0 Å². The molecule has 0 saturated carbocycles. The lowest BCUT2D eigenvalue weighted by molar-refractivity contribution is -0.119. The van der Waals surface area contributed by atoms with Crippen LogP contribution in [0.3, 0.4) is 0 Å². The Balaban J connectivity index is 2.34. The van der Waals surface area contributed by atoms with E-state index in [1.54, 1.807) is 12.1 Å². The van der Waals surface area contributed by atoms with Crippen LogP contribution in [-0.4, -0.2) is 18.5 Å². The van der Waals surface area contributed by atoms with E-state index >= 15 is 0 Å². The fraction of sp³-hybridized carbons (Fsp3) is 0.385. The molecule has 0 bridgehead atoms. The van der Waals surface area contributed by atoms with Gasteiger partial charge in [0.25, 0.3) is 0 Å². The molecule has 4 N–H and O–H groups in total. The Kier molecular flexibility index (Phi) is 3.38. The molecule has 1 fully saturated rings. The van der Waals surface area contributed by atoms with Gasteiger partial charge >= 0.3 is 0 Å². The maximum atomic E-state index is 11.5. The number of nitriles is 1. The molecule has 1 aromatic carbocycles. The minimum Gasteiger partial charge on any atom is -0.398 e. The van der Waals surface area contributed by atoms with E-state index in [0.717, 1.165) is 31.5 Å². The van der Waals surface area contributed by atoms with E-state index in [2.05, 4.69) is 6.07 Å². The molecule has 0 aliphatic carbocycles. The number of carbonyl (C=O) groups is 1. The van der Waals surface area contributed by atoms with E-state index in [9.17, 15) is 4.79 Å². The summed E-state index contributed by atoms with van der Waals surface area (Å²) in [7, 11) is 0. The highest BCUT2D eigenvalue weighted by Crippen LogP contribution is 2.27. The zero-order valence-electron chi connectivity index (χ0n) is 10.1. The summed E-state index contributed by atoms with van der Waals surface area (Å²) >= 11 is 0. The van der Waals surface area contributed by atoms with Gasteiger partial charge in [-0.15, -0.1) is 0 Å². The van der Waals surface area contributed by atoms with Gasteiger partial charge in [0, 0.05) is 17.9 Å². The number of hydrogen-bond donors (Lipinski definition) is 2. The van der Waals surface area contributed by atoms with Gasteiger partial charge in [-0.05, 0) is 37.5 Å². The quantitative estimate of drug-likeness (QED) is 0.758. The molecule has 1 aliphatic rings. The van der Waals surface area contributed by atoms with Gasteiger partial charge in [0.2, 0.25) is 5.91 Å². The van der Waals surface area contributed by atoms with Crippen LogP contribution in [0.25, 0.3) is 0 Å². The first kappa shape index (κ1) is 12.2. The highest BCUT2D eigenvalue weighted by molar-refractivity contribution is 5.84. The molecule has 18 heavy (non-hydrogen) atoms. The largest absolute Gasteiger partial charge is 0.398 e. The third-order valence-corrected chi connectivity index (χ3v) is 3.32. The average Bonchev–Trinajstić information content (AvgIpc) is 2.39. The maximum absolute atomic E-state index is 11.5. The lowest BCUT2D eigenvalue weighted by atomic mass is 10.00. The number of anilines is 2. The lowest BCUT2D eigenvalue weighted by Gasteiger charge is -2.35. The molecule has 0 aromatic heterocycles. The summed E-state index contributed by atoms with van der Waals surface area (Å²) in [6.45, 7) is 0.780. The Morgan fingerprint density at radius 1 is 1.44 bits per heavy atom. The number of amides is 1. The summed E-state index contributed by atoms with van der Waals surface area (Å²) in [6, 6.07) is 7.01. The van der Waals surface area contributed by atoms with Gasteiger partial charge in [-0.2, -0.15) is 5.26 Å². The number of hydrogen-bond acceptors (Lipinski definition) is 4. The maximum Gasteiger partial charge on any atom is 0.240 e. The van der Waals surface area contributed by atoms with Gasteiger partial charge in [-0.1, -0.05) is 0 Å². The number of nitrogens with two attached hydrogens (primary N) is 2. The second kappa shape index (κ2) is 4.96. The van der Waals surface area contributed by atoms with Crippen molar-refractivity contribution in [2.75, 3.05) is 17.2 Å². The molecule has 0 radical (unpaired) electrons. The van der Waals surface area contributed by atoms with E-state index < -0.39 is 0 Å². The van der Waals surface area contributed by atoms with Crippen LogP contribution in [0, 0.1) is 11.3 Å². The van der Waals surface area contributed by atoms with Gasteiger partial charge in [-0.3, -0.25) is 4.79 Å². The SMILES string of the molecule is N#Cc1cc(N2CCCCC2C(N)=O)ccc1N. The van der Waals surface area contributed by atoms with E-state index in [1.165, 1.54) is 0 Å². The molecule has 1 amide bonds. The first-order chi connectivity index (χ1) is 8.63. The highest BCUT2D eigenvalue weighted by atomic mass is 16.1. The summed E-state index contributed by atoms with van der Waals surface area (Å²) < 4.78 is 0. The Morgan fingerprint density at radius 2 is 2.22 bits per heavy atom. The van der Waals surface area contributed by atoms with Crippen molar-refractivity contribution in [1.29, 1.82) is 5.26 Å². The van der Waals surface area contributed by atoms with Crippen molar-refractivity contribution in [3.05, 3.63) is 23.8 Å². The van der Waals surface area contributed by atoms with Gasteiger partial charge in [0.05, 0.1) is 5.56 Å². The zero-order valence-corrected chi connectivity index (χ0v) is 10.1. The summed E-state index contributed by atoms with van der Waals surface area (Å²) in [5.74, 6) is -0.315. The third-order valence-electron chi connectivity index (χ3n) is 3.32. The molecule has 2 rings (SSSR count). The topological polar surface area (TPSA) is 96.1 Å². The first-order valence-corrected chi connectivity index (χ1v) is 5.99. The van der Waals surface area contributed by atoms with Crippen molar-refractivity contribution in [2.24, 2.45) is 5.73 Å². The number of rotatable bonds is 2. The summed E-state index contributed by atoms with van der Waals surface area (Å²) in [4.78, 5) is 13.4. The van der Waals surface area contributed by atoms with E-state index in [1.807, 2.05) is 11.0 Å². The lowest BCUT2D eigenvalue weighted by Crippen LogP contribution is -2.47. The average molecular weight is 244 g/mol. The molecule has 0 spiro atoms. The van der Waals surface area contributed by atoms with Crippen molar-refractivity contribution < 1.29 is 4.79 Å². The summed E-state index contributed by atoms with van der Waals surface area (Å²) in [5, 5.41) is 8.98. The van der Waals surface area contributed by atoms with E-state index in [-0.39, 0.29) is 11.9 Å². The highest BCUT2D eigenvalue weighted by Gasteiger charge is 2.27. The van der Waals surface area contributed by atoms with Crippen LogP contribution in [0.5, 0.6) is 0 Å². The predicted molar refractivity (Wildman–Crippen MR) is 69.7 cm³/mol. The standard InChI is InChI=1S/C13H16N4O/c14-8-9-7-10(4-5-11(9)15)17-6-2-1-3-12(17)13(16)18/h4-5,7,12H,1-3,6,15H2,(H2,16,18). The molecule has 94 valence electrons. The number of primary amides is 1. The van der Waals surface area contributed by atoms with Crippen LogP contribution in [0.2, 0.25) is 0 Å². The van der Waals surface area contributed by atoms with Crippen LogP contribution < -0.4 is 16.4 Å². The Morgan fingerprint density at radius 3 is 2.89 bits per heavy atom. The number of nitrogens with zero attached hydrogens (tertiary/aromatic N) is 2. The fourth-order valence-corrected chi connectivity index (χ4v) is 2.36. The number of carbonyl (C=O) groups excluding carboxylic acids is 1. The number of nitrogen functional groups attached to an aromatic ring is 1. The monoisotopic (exact) mass is 244 g/mol. The first-order valence-electron chi connectivity index (χ1n) is 5.99. The van der Waals surface area contributed by atoms with Crippen LogP contribution in [0.4, 0.5) is 11.4 Å². The Labute approximate surface area is 106 Å². The van der Waals surface area contributed by atoms with Gasteiger partial charge in [-0.25, -0.2) is 0 Å². The van der Waals surface area contributed by atoms with Gasteiger partial charge in [0.1, 0.15) is 12.1 Å². The minimum absolute atomic E-state index is 0.283. The van der Waals surface area contributed by atoms with Crippen LogP contribution in [-0.2, 0) is 4.79 Å². The zero-order chi connectivity index (χ0) is 13.1. The molecular formula is C13H16N4O. The Hall–Kier alpha value is -2.22. The number of piperidine rings is 1. The van der Waals surface area contributed by atoms with Crippen molar-refractivity contribution in [2.45, 2.75) is 25.3 Å². The molecule has 5 heteroatoms. The van der Waals surface area contributed by atoms with Crippen molar-refractivity contribution >= 4 is 17.3 Å². The molecule has 1 atom stereocenters. The molecule has 1 heterocycles. The van der Waals surface area contributed by atoms with E-state index in [4.69, 9.17) is 16.7 Å². The Bertz CT molecular complexity index is 506. The predicted octanol–water partition coefficient (Wildman–Crippen LogP) is 0.985. The van der Waals surface area contributed by atoms with Crippen molar-refractivity contribution in [3.63, 3.8) is 0 Å². The molecule has 1 saturated heterocycles. The van der Waals surface area contributed by atoms with Gasteiger partial charge < -0.3 is 16.4 Å². The number of benzene rings is 1. The summed E-state index contributed by atoms with van der Waals surface area (Å²) in [5.41, 5.74) is 12.8. The smallest absolute Gasteiger partial charge is 0.240 e. The fourth-order valence-electron chi connectivity index (χ4n) is 2.36. The normalized spacial score (nSPS) is 19.3. The second-order valence-electron chi connectivity index (χ2n) is 4.49. The second-order valence-corrected chi connectivity index (χ2v) is 4.49. The molecule has 1 unspecified atom stereocenters. The molecular weight excluding hydrogens is 228 g/mol. The van der Waals surface area contributed by atoms with Crippen LogP contribution in [0.15, 0.2) is 18.2 Å². The summed E-state index contributed by atoms with van der Waals surface area (Å²) in [6.07, 6.45) is 2.79. The minimum atomic E-state index is -0.315. The van der Waals surface area contributed by atoms with Crippen LogP contribution >= 0.6 is 0 Å². The third kappa shape index (κ3) is 2.23. The van der Waals surface area contributed by atoms with Crippen molar-refractivity contribution in [1.82, 2.24) is 0 Å². The molecule has 1 aromatic rings. The van der Waals surface area contributed by atoms with E-state index in [0.29, 0.717) is 11.3 Å². The van der Waals surface area contributed by atoms with Crippen molar-refractivity contribution in [3.8, 4) is 6.07 Å². The van der Waals surface area contributed by atoms with Crippen LogP contribution in [0.1, 0.15) is 24.8 Å². The molecule has 5 nitrogen and oxygen atoms in total.